The molecule has 0 fully saturated rings. The Morgan fingerprint density at radius 3 is 2.60 bits per heavy atom. The summed E-state index contributed by atoms with van der Waals surface area (Å²) in [4.78, 5) is 8.42. The number of rotatable bonds is 3. The molecule has 2 aromatic heterocycles. The lowest BCUT2D eigenvalue weighted by molar-refractivity contribution is 0.463. The Balaban J connectivity index is 1.79. The van der Waals surface area contributed by atoms with Crippen LogP contribution in [-0.4, -0.2) is 9.97 Å². The summed E-state index contributed by atoms with van der Waals surface area (Å²) in [6.45, 7) is 1.93. The number of pyridine rings is 1. The van der Waals surface area contributed by atoms with Crippen LogP contribution >= 0.6 is 11.3 Å². The molecule has 0 amide bonds. The maximum atomic E-state index is 5.73. The molecule has 0 saturated carbocycles. The molecule has 3 aromatic rings. The first-order valence-corrected chi connectivity index (χ1v) is 7.00. The van der Waals surface area contributed by atoms with Crippen LogP contribution in [0.2, 0.25) is 0 Å². The number of benzene rings is 1. The van der Waals surface area contributed by atoms with E-state index in [1.165, 1.54) is 0 Å². The molecule has 0 aliphatic carbocycles. The molecule has 3 rings (SSSR count). The lowest BCUT2D eigenvalue weighted by Gasteiger charge is -2.07. The van der Waals surface area contributed by atoms with Crippen LogP contribution in [-0.2, 0) is 0 Å². The van der Waals surface area contributed by atoms with Gasteiger partial charge in [0.15, 0.2) is 0 Å². The van der Waals surface area contributed by atoms with Crippen molar-refractivity contribution < 1.29 is 4.74 Å². The number of aromatic nitrogens is 2. The minimum absolute atomic E-state index is 0.540. The molecule has 1 aromatic carbocycles. The summed E-state index contributed by atoms with van der Waals surface area (Å²) in [6, 6.07) is 9.61. The van der Waals surface area contributed by atoms with Gasteiger partial charge in [-0.05, 0) is 36.8 Å². The molecular formula is C15H13N3OS. The Bertz CT molecular complexity index is 708. The number of thiazole rings is 1. The molecule has 20 heavy (non-hydrogen) atoms. The van der Waals surface area contributed by atoms with E-state index in [-0.39, 0.29) is 0 Å². The van der Waals surface area contributed by atoms with E-state index in [9.17, 15) is 0 Å². The van der Waals surface area contributed by atoms with Gasteiger partial charge in [0.25, 0.3) is 0 Å². The predicted octanol–water partition coefficient (Wildman–Crippen LogP) is 3.89. The first-order chi connectivity index (χ1) is 9.72. The van der Waals surface area contributed by atoms with Crippen LogP contribution in [0.15, 0.2) is 48.1 Å². The molecule has 0 aliphatic rings. The van der Waals surface area contributed by atoms with Crippen molar-refractivity contribution in [3.05, 3.63) is 53.7 Å². The van der Waals surface area contributed by atoms with E-state index in [4.69, 9.17) is 10.5 Å². The molecule has 0 spiro atoms. The summed E-state index contributed by atoms with van der Waals surface area (Å²) in [5, 5.41) is 2.96. The quantitative estimate of drug-likeness (QED) is 0.792. The smallest absolute Gasteiger partial charge is 0.219 e. The van der Waals surface area contributed by atoms with Crippen LogP contribution in [0.3, 0.4) is 0 Å². The molecule has 4 nitrogen and oxygen atoms in total. The zero-order valence-electron chi connectivity index (χ0n) is 10.9. The highest BCUT2D eigenvalue weighted by Crippen LogP contribution is 2.26. The Kier molecular flexibility index (Phi) is 3.35. The van der Waals surface area contributed by atoms with Gasteiger partial charge in [-0.2, -0.15) is 0 Å². The molecule has 0 aliphatic heterocycles. The summed E-state index contributed by atoms with van der Waals surface area (Å²) in [6.07, 6.45) is 3.40. The number of nitrogens with two attached hydrogens (primary N) is 1. The SMILES string of the molecule is Cc1cc(Oc2ccc(-c3nccs3)cc2)ncc1N. The van der Waals surface area contributed by atoms with Crippen LogP contribution in [0.1, 0.15) is 5.56 Å². The van der Waals surface area contributed by atoms with Crippen molar-refractivity contribution in [3.63, 3.8) is 0 Å². The van der Waals surface area contributed by atoms with Crippen molar-refractivity contribution in [2.24, 2.45) is 0 Å². The van der Waals surface area contributed by atoms with Crippen LogP contribution in [0.25, 0.3) is 10.6 Å². The molecule has 0 bridgehead atoms. The molecule has 0 radical (unpaired) electrons. The number of nitrogens with zero attached hydrogens (tertiary/aromatic N) is 2. The average molecular weight is 283 g/mol. The topological polar surface area (TPSA) is 61.0 Å². The molecule has 2 heterocycles. The summed E-state index contributed by atoms with van der Waals surface area (Å²) in [5.41, 5.74) is 8.43. The summed E-state index contributed by atoms with van der Waals surface area (Å²) < 4.78 is 5.70. The largest absolute Gasteiger partial charge is 0.439 e. The average Bonchev–Trinajstić information content (AvgIpc) is 2.98. The van der Waals surface area contributed by atoms with Crippen LogP contribution in [0.4, 0.5) is 5.69 Å². The Labute approximate surface area is 120 Å². The van der Waals surface area contributed by atoms with Crippen LogP contribution in [0.5, 0.6) is 11.6 Å². The van der Waals surface area contributed by atoms with Gasteiger partial charge >= 0.3 is 0 Å². The fourth-order valence-electron chi connectivity index (χ4n) is 1.75. The van der Waals surface area contributed by atoms with Gasteiger partial charge in [0.1, 0.15) is 10.8 Å². The van der Waals surface area contributed by atoms with E-state index in [0.29, 0.717) is 11.6 Å². The van der Waals surface area contributed by atoms with Gasteiger partial charge in [-0.25, -0.2) is 9.97 Å². The van der Waals surface area contributed by atoms with Gasteiger partial charge < -0.3 is 10.5 Å². The number of hydrogen-bond acceptors (Lipinski definition) is 5. The number of hydrogen-bond donors (Lipinski definition) is 1. The van der Waals surface area contributed by atoms with E-state index in [2.05, 4.69) is 9.97 Å². The zero-order valence-corrected chi connectivity index (χ0v) is 11.7. The second kappa shape index (κ2) is 5.30. The second-order valence-electron chi connectivity index (χ2n) is 4.34. The first-order valence-electron chi connectivity index (χ1n) is 6.12. The number of anilines is 1. The zero-order chi connectivity index (χ0) is 13.9. The van der Waals surface area contributed by atoms with Gasteiger partial charge in [0.05, 0.1) is 11.9 Å². The first kappa shape index (κ1) is 12.6. The summed E-state index contributed by atoms with van der Waals surface area (Å²) in [5.74, 6) is 1.28. The Morgan fingerprint density at radius 1 is 1.15 bits per heavy atom. The van der Waals surface area contributed by atoms with Crippen molar-refractivity contribution in [1.82, 2.24) is 9.97 Å². The molecule has 0 saturated heterocycles. The second-order valence-corrected chi connectivity index (χ2v) is 5.24. The number of nitrogen functional groups attached to an aromatic ring is 1. The van der Waals surface area contributed by atoms with Crippen molar-refractivity contribution in [2.75, 3.05) is 5.73 Å². The highest BCUT2D eigenvalue weighted by molar-refractivity contribution is 7.13. The van der Waals surface area contributed by atoms with Crippen LogP contribution in [0, 0.1) is 6.92 Å². The highest BCUT2D eigenvalue weighted by Gasteiger charge is 2.03. The number of aryl methyl sites for hydroxylation is 1. The van der Waals surface area contributed by atoms with E-state index in [1.54, 1.807) is 23.7 Å². The lowest BCUT2D eigenvalue weighted by atomic mass is 10.2. The van der Waals surface area contributed by atoms with Gasteiger partial charge in [-0.3, -0.25) is 0 Å². The molecule has 0 atom stereocenters. The van der Waals surface area contributed by atoms with Crippen molar-refractivity contribution >= 4 is 17.0 Å². The maximum absolute atomic E-state index is 5.73. The van der Waals surface area contributed by atoms with Gasteiger partial charge in [0.2, 0.25) is 5.88 Å². The van der Waals surface area contributed by atoms with Crippen molar-refractivity contribution in [2.45, 2.75) is 6.92 Å². The molecule has 5 heteroatoms. The van der Waals surface area contributed by atoms with E-state index in [0.717, 1.165) is 21.9 Å². The van der Waals surface area contributed by atoms with E-state index in [1.807, 2.05) is 42.6 Å². The van der Waals surface area contributed by atoms with Crippen LogP contribution < -0.4 is 10.5 Å². The number of ether oxygens (including phenoxy) is 1. The maximum Gasteiger partial charge on any atom is 0.219 e. The molecule has 0 unspecified atom stereocenters. The summed E-state index contributed by atoms with van der Waals surface area (Å²) in [7, 11) is 0. The predicted molar refractivity (Wildman–Crippen MR) is 81.0 cm³/mol. The Morgan fingerprint density at radius 2 is 1.95 bits per heavy atom. The summed E-state index contributed by atoms with van der Waals surface area (Å²) >= 11 is 1.61. The van der Waals surface area contributed by atoms with Crippen molar-refractivity contribution in [1.29, 1.82) is 0 Å². The van der Waals surface area contributed by atoms with E-state index < -0.39 is 0 Å². The highest BCUT2D eigenvalue weighted by atomic mass is 32.1. The third-order valence-corrected chi connectivity index (χ3v) is 3.70. The molecule has 100 valence electrons. The van der Waals surface area contributed by atoms with Gasteiger partial charge in [-0.1, -0.05) is 0 Å². The third kappa shape index (κ3) is 2.62. The monoisotopic (exact) mass is 283 g/mol. The normalized spacial score (nSPS) is 10.4. The van der Waals surface area contributed by atoms with Gasteiger partial charge in [0, 0.05) is 23.2 Å². The lowest BCUT2D eigenvalue weighted by Crippen LogP contribution is -1.93. The standard InChI is InChI=1S/C15H13N3OS/c1-10-8-14(18-9-13(10)16)19-12-4-2-11(3-5-12)15-17-6-7-20-15/h2-9H,16H2,1H3. The third-order valence-electron chi connectivity index (χ3n) is 2.88. The fourth-order valence-corrected chi connectivity index (χ4v) is 2.39. The molecular weight excluding hydrogens is 270 g/mol. The minimum atomic E-state index is 0.540. The minimum Gasteiger partial charge on any atom is -0.439 e. The van der Waals surface area contributed by atoms with Crippen molar-refractivity contribution in [3.8, 4) is 22.2 Å². The van der Waals surface area contributed by atoms with Gasteiger partial charge in [-0.15, -0.1) is 11.3 Å². The molecule has 2 N–H and O–H groups in total. The Hall–Kier alpha value is -2.40. The fraction of sp³-hybridized carbons (Fsp3) is 0.0667. The van der Waals surface area contributed by atoms with E-state index >= 15 is 0 Å².